The number of ether oxygens (including phenoxy) is 1. The molecule has 1 amide bonds. The molecule has 0 saturated carbocycles. The van der Waals surface area contributed by atoms with Gasteiger partial charge in [0.15, 0.2) is 0 Å². The van der Waals surface area contributed by atoms with E-state index in [0.717, 1.165) is 41.5 Å². The van der Waals surface area contributed by atoms with E-state index in [-0.39, 0.29) is 5.91 Å². The highest BCUT2D eigenvalue weighted by atomic mass is 32.2. The molecule has 6 nitrogen and oxygen atoms in total. The zero-order chi connectivity index (χ0) is 21.6. The molecule has 0 fully saturated rings. The zero-order valence-corrected chi connectivity index (χ0v) is 18.5. The van der Waals surface area contributed by atoms with Gasteiger partial charge >= 0.3 is 0 Å². The topological polar surface area (TPSA) is 75.7 Å². The number of aryl methyl sites for hydroxylation is 3. The second-order valence-electron chi connectivity index (χ2n) is 7.25. The minimum absolute atomic E-state index is 0.316. The number of nitrogens with one attached hydrogen (secondary N) is 1. The van der Waals surface area contributed by atoms with Crippen molar-refractivity contribution in [2.24, 2.45) is 0 Å². The predicted molar refractivity (Wildman–Crippen MR) is 117 cm³/mol. The molecule has 0 saturated heterocycles. The molecule has 0 heterocycles. The fraction of sp³-hybridized carbons (Fsp3) is 0.409. The van der Waals surface area contributed by atoms with E-state index in [9.17, 15) is 13.2 Å². The minimum Gasteiger partial charge on any atom is -0.497 e. The lowest BCUT2D eigenvalue weighted by Crippen LogP contribution is -2.48. The zero-order valence-electron chi connectivity index (χ0n) is 17.7. The quantitative estimate of drug-likeness (QED) is 0.635. The van der Waals surface area contributed by atoms with Crippen LogP contribution in [0.15, 0.2) is 42.5 Å². The van der Waals surface area contributed by atoms with Crippen molar-refractivity contribution in [1.82, 2.24) is 5.32 Å². The van der Waals surface area contributed by atoms with Gasteiger partial charge in [-0.1, -0.05) is 18.2 Å². The van der Waals surface area contributed by atoms with Gasteiger partial charge in [0.25, 0.3) is 0 Å². The molecule has 2 aromatic rings. The molecular formula is C22H30N2O4S. The number of rotatable bonds is 9. The lowest BCUT2D eigenvalue weighted by Gasteiger charge is -2.28. The molecule has 1 N–H and O–H groups in total. The van der Waals surface area contributed by atoms with Gasteiger partial charge in [0.05, 0.1) is 19.1 Å². The van der Waals surface area contributed by atoms with Crippen LogP contribution in [-0.4, -0.2) is 40.3 Å². The number of amides is 1. The molecular weight excluding hydrogens is 388 g/mol. The number of carbonyl (C=O) groups excluding carboxylic acids is 1. The van der Waals surface area contributed by atoms with Gasteiger partial charge in [0.1, 0.15) is 11.8 Å². The van der Waals surface area contributed by atoms with Gasteiger partial charge in [-0.2, -0.15) is 0 Å². The maximum absolute atomic E-state index is 12.6. The summed E-state index contributed by atoms with van der Waals surface area (Å²) >= 11 is 0. The number of sulfonamides is 1. The van der Waals surface area contributed by atoms with E-state index in [1.165, 1.54) is 4.31 Å². The predicted octanol–water partition coefficient (Wildman–Crippen LogP) is 3.22. The van der Waals surface area contributed by atoms with Crippen LogP contribution < -0.4 is 14.4 Å². The normalized spacial score (nSPS) is 12.3. The largest absolute Gasteiger partial charge is 0.497 e. The van der Waals surface area contributed by atoms with Crippen molar-refractivity contribution in [3.63, 3.8) is 0 Å². The second-order valence-corrected chi connectivity index (χ2v) is 9.11. The van der Waals surface area contributed by atoms with E-state index < -0.39 is 16.1 Å². The lowest BCUT2D eigenvalue weighted by atomic mass is 10.1. The maximum atomic E-state index is 12.6. The summed E-state index contributed by atoms with van der Waals surface area (Å²) in [5, 5.41) is 2.85. The molecule has 0 aliphatic carbocycles. The third-order valence-corrected chi connectivity index (χ3v) is 6.18. The van der Waals surface area contributed by atoms with E-state index in [1.54, 1.807) is 26.2 Å². The van der Waals surface area contributed by atoms with Crippen LogP contribution in [0.2, 0.25) is 0 Å². The van der Waals surface area contributed by atoms with Gasteiger partial charge in [0.2, 0.25) is 15.9 Å². The first-order valence-corrected chi connectivity index (χ1v) is 11.5. The van der Waals surface area contributed by atoms with Crippen LogP contribution in [0.4, 0.5) is 5.69 Å². The Kier molecular flexibility index (Phi) is 7.67. The van der Waals surface area contributed by atoms with Gasteiger partial charge in [0, 0.05) is 6.54 Å². The smallest absolute Gasteiger partial charge is 0.243 e. The third kappa shape index (κ3) is 6.22. The molecule has 0 aliphatic rings. The first kappa shape index (κ1) is 22.7. The molecule has 0 aromatic heterocycles. The highest BCUT2D eigenvalue weighted by Gasteiger charge is 2.29. The number of benzene rings is 2. The summed E-state index contributed by atoms with van der Waals surface area (Å²) in [5.74, 6) is 0.492. The third-order valence-electron chi connectivity index (χ3n) is 4.93. The molecule has 0 unspecified atom stereocenters. The summed E-state index contributed by atoms with van der Waals surface area (Å²) in [6.45, 7) is 5.96. The van der Waals surface area contributed by atoms with Crippen molar-refractivity contribution in [3.8, 4) is 5.75 Å². The Morgan fingerprint density at radius 2 is 1.76 bits per heavy atom. The molecule has 2 aromatic carbocycles. The average molecular weight is 419 g/mol. The van der Waals surface area contributed by atoms with Crippen molar-refractivity contribution >= 4 is 21.6 Å². The van der Waals surface area contributed by atoms with Crippen LogP contribution in [0.25, 0.3) is 0 Å². The SMILES string of the molecule is COc1ccc(CCCNC(=O)[C@H](C)N(c2ccc(C)c(C)c2)S(C)(=O)=O)cc1. The standard InChI is InChI=1S/C22H30N2O4S/c1-16-8-11-20(15-17(16)2)24(29(5,26)27)18(3)22(25)23-14-6-7-19-9-12-21(28-4)13-10-19/h8-13,15,18H,6-7,14H2,1-5H3,(H,23,25)/t18-/m0/s1. The number of methoxy groups -OCH3 is 1. The Morgan fingerprint density at radius 1 is 1.10 bits per heavy atom. The molecule has 0 radical (unpaired) electrons. The van der Waals surface area contributed by atoms with Crippen molar-refractivity contribution < 1.29 is 17.9 Å². The Bertz CT molecular complexity index is 940. The van der Waals surface area contributed by atoms with Crippen LogP contribution in [0.5, 0.6) is 5.75 Å². The van der Waals surface area contributed by atoms with Gasteiger partial charge in [-0.3, -0.25) is 9.10 Å². The van der Waals surface area contributed by atoms with E-state index in [4.69, 9.17) is 4.74 Å². The molecule has 0 aliphatic heterocycles. The van der Waals surface area contributed by atoms with E-state index in [0.29, 0.717) is 12.2 Å². The first-order valence-electron chi connectivity index (χ1n) is 9.60. The molecule has 2 rings (SSSR count). The Morgan fingerprint density at radius 3 is 2.31 bits per heavy atom. The highest BCUT2D eigenvalue weighted by molar-refractivity contribution is 7.92. The van der Waals surface area contributed by atoms with Gasteiger partial charge in [-0.15, -0.1) is 0 Å². The van der Waals surface area contributed by atoms with Crippen LogP contribution in [-0.2, 0) is 21.2 Å². The number of hydrogen-bond acceptors (Lipinski definition) is 4. The monoisotopic (exact) mass is 418 g/mol. The number of carbonyl (C=O) groups is 1. The summed E-state index contributed by atoms with van der Waals surface area (Å²) in [6.07, 6.45) is 2.69. The average Bonchev–Trinajstić information content (AvgIpc) is 2.67. The highest BCUT2D eigenvalue weighted by Crippen LogP contribution is 2.23. The van der Waals surface area contributed by atoms with Crippen LogP contribution in [0.3, 0.4) is 0 Å². The summed E-state index contributed by atoms with van der Waals surface area (Å²) in [5.41, 5.74) is 3.69. The minimum atomic E-state index is -3.61. The number of hydrogen-bond donors (Lipinski definition) is 1. The summed E-state index contributed by atoms with van der Waals surface area (Å²) in [6, 6.07) is 12.4. The summed E-state index contributed by atoms with van der Waals surface area (Å²) in [4.78, 5) is 12.6. The van der Waals surface area contributed by atoms with Gasteiger partial charge in [-0.05, 0) is 74.6 Å². The maximum Gasteiger partial charge on any atom is 0.243 e. The Hall–Kier alpha value is -2.54. The molecule has 1 atom stereocenters. The van der Waals surface area contributed by atoms with Gasteiger partial charge in [-0.25, -0.2) is 8.42 Å². The van der Waals surface area contributed by atoms with Crippen molar-refractivity contribution in [1.29, 1.82) is 0 Å². The van der Waals surface area contributed by atoms with E-state index in [2.05, 4.69) is 5.32 Å². The molecule has 29 heavy (non-hydrogen) atoms. The fourth-order valence-electron chi connectivity index (χ4n) is 3.12. The summed E-state index contributed by atoms with van der Waals surface area (Å²) < 4.78 is 31.1. The van der Waals surface area contributed by atoms with Crippen molar-refractivity contribution in [2.45, 2.75) is 39.7 Å². The number of anilines is 1. The Labute approximate surface area is 173 Å². The van der Waals surface area contributed by atoms with Crippen molar-refractivity contribution in [3.05, 3.63) is 59.2 Å². The summed E-state index contributed by atoms with van der Waals surface area (Å²) in [7, 11) is -1.98. The molecule has 158 valence electrons. The van der Waals surface area contributed by atoms with Gasteiger partial charge < -0.3 is 10.1 Å². The first-order chi connectivity index (χ1) is 13.6. The van der Waals surface area contributed by atoms with Crippen molar-refractivity contribution in [2.75, 3.05) is 24.2 Å². The van der Waals surface area contributed by atoms with Crippen LogP contribution >= 0.6 is 0 Å². The lowest BCUT2D eigenvalue weighted by molar-refractivity contribution is -0.121. The van der Waals surface area contributed by atoms with E-state index >= 15 is 0 Å². The molecule has 0 bridgehead atoms. The molecule has 0 spiro atoms. The molecule has 7 heteroatoms. The van der Waals surface area contributed by atoms with Crippen LogP contribution in [0, 0.1) is 13.8 Å². The fourth-order valence-corrected chi connectivity index (χ4v) is 4.28. The van der Waals surface area contributed by atoms with Crippen LogP contribution in [0.1, 0.15) is 30.0 Å². The van der Waals surface area contributed by atoms with E-state index in [1.807, 2.05) is 44.2 Å². The Balaban J connectivity index is 1.98. The number of nitrogens with zero attached hydrogens (tertiary/aromatic N) is 1. The second kappa shape index (κ2) is 9.78.